The summed E-state index contributed by atoms with van der Waals surface area (Å²) in [4.78, 5) is 0.215. The Morgan fingerprint density at radius 1 is 1.15 bits per heavy atom. The van der Waals surface area contributed by atoms with Gasteiger partial charge in [-0.05, 0) is 44.9 Å². The summed E-state index contributed by atoms with van der Waals surface area (Å²) >= 11 is 11.8. The van der Waals surface area contributed by atoms with E-state index >= 15 is 0 Å². The molecule has 1 aromatic carbocycles. The largest absolute Gasteiger partial charge is 0.243 e. The van der Waals surface area contributed by atoms with E-state index in [1.807, 2.05) is 13.8 Å². The van der Waals surface area contributed by atoms with Crippen molar-refractivity contribution in [1.29, 1.82) is 0 Å². The third-order valence-corrected chi connectivity index (χ3v) is 6.52. The van der Waals surface area contributed by atoms with Crippen LogP contribution in [0.1, 0.15) is 39.5 Å². The number of hydrogen-bond donors (Lipinski definition) is 0. The normalized spacial score (nSPS) is 17.3. The lowest BCUT2D eigenvalue weighted by atomic mass is 10.2. The summed E-state index contributed by atoms with van der Waals surface area (Å²) in [7, 11) is -3.53. The quantitative estimate of drug-likeness (QED) is 0.820. The van der Waals surface area contributed by atoms with Crippen molar-refractivity contribution in [2.24, 2.45) is 0 Å². The van der Waals surface area contributed by atoms with Crippen molar-refractivity contribution >= 4 is 33.2 Å². The molecule has 0 aliphatic heterocycles. The van der Waals surface area contributed by atoms with Crippen LogP contribution >= 0.6 is 23.2 Å². The molecule has 0 bridgehead atoms. The lowest BCUT2D eigenvalue weighted by Crippen LogP contribution is -2.43. The zero-order chi connectivity index (χ0) is 14.9. The SMILES string of the molecule is CC(C)N(C1CCCC1)S(=O)(=O)c1ccc(Cl)c(Cl)c1. The second kappa shape index (κ2) is 6.22. The van der Waals surface area contributed by atoms with Crippen LogP contribution < -0.4 is 0 Å². The van der Waals surface area contributed by atoms with Crippen LogP contribution in [0.25, 0.3) is 0 Å². The summed E-state index contributed by atoms with van der Waals surface area (Å²) in [5.74, 6) is 0. The van der Waals surface area contributed by atoms with Crippen LogP contribution in [0, 0.1) is 0 Å². The van der Waals surface area contributed by atoms with E-state index in [1.54, 1.807) is 4.31 Å². The molecule has 1 aliphatic carbocycles. The highest BCUT2D eigenvalue weighted by molar-refractivity contribution is 7.89. The first-order valence-electron chi connectivity index (χ1n) is 6.82. The van der Waals surface area contributed by atoms with Crippen LogP contribution in [0.5, 0.6) is 0 Å². The number of benzene rings is 1. The van der Waals surface area contributed by atoms with Crippen LogP contribution in [-0.4, -0.2) is 24.8 Å². The van der Waals surface area contributed by atoms with Gasteiger partial charge in [0.1, 0.15) is 0 Å². The summed E-state index contributed by atoms with van der Waals surface area (Å²) < 4.78 is 27.3. The van der Waals surface area contributed by atoms with E-state index in [4.69, 9.17) is 23.2 Å². The molecule has 0 aromatic heterocycles. The number of rotatable bonds is 4. The summed E-state index contributed by atoms with van der Waals surface area (Å²) in [6.45, 7) is 3.82. The van der Waals surface area contributed by atoms with Gasteiger partial charge in [-0.25, -0.2) is 8.42 Å². The Kier molecular flexibility index (Phi) is 5.00. The van der Waals surface area contributed by atoms with Gasteiger partial charge in [0.15, 0.2) is 0 Å². The molecule has 112 valence electrons. The fourth-order valence-electron chi connectivity index (χ4n) is 2.81. The Morgan fingerprint density at radius 3 is 2.25 bits per heavy atom. The van der Waals surface area contributed by atoms with Crippen molar-refractivity contribution in [2.75, 3.05) is 0 Å². The molecule has 0 saturated heterocycles. The van der Waals surface area contributed by atoms with Crippen molar-refractivity contribution in [3.63, 3.8) is 0 Å². The monoisotopic (exact) mass is 335 g/mol. The van der Waals surface area contributed by atoms with Crippen LogP contribution in [0.3, 0.4) is 0 Å². The molecule has 20 heavy (non-hydrogen) atoms. The van der Waals surface area contributed by atoms with Gasteiger partial charge in [-0.15, -0.1) is 0 Å². The molecule has 0 N–H and O–H groups in total. The van der Waals surface area contributed by atoms with Crippen molar-refractivity contribution in [3.05, 3.63) is 28.2 Å². The van der Waals surface area contributed by atoms with E-state index in [0.29, 0.717) is 5.02 Å². The zero-order valence-corrected chi connectivity index (χ0v) is 14.0. The van der Waals surface area contributed by atoms with Crippen LogP contribution in [0.2, 0.25) is 10.0 Å². The Bertz CT molecular complexity index is 581. The molecule has 1 aromatic rings. The minimum Gasteiger partial charge on any atom is -0.207 e. The second-order valence-electron chi connectivity index (χ2n) is 5.44. The average Bonchev–Trinajstić information content (AvgIpc) is 2.85. The first-order valence-corrected chi connectivity index (χ1v) is 9.02. The van der Waals surface area contributed by atoms with Gasteiger partial charge in [-0.1, -0.05) is 36.0 Å². The molecule has 0 radical (unpaired) electrons. The third-order valence-electron chi connectivity index (χ3n) is 3.66. The fourth-order valence-corrected chi connectivity index (χ4v) is 5.08. The minimum atomic E-state index is -3.53. The highest BCUT2D eigenvalue weighted by Crippen LogP contribution is 2.32. The number of sulfonamides is 1. The van der Waals surface area contributed by atoms with Gasteiger partial charge in [0.25, 0.3) is 0 Å². The topological polar surface area (TPSA) is 37.4 Å². The molecular weight excluding hydrogens is 317 g/mol. The molecule has 0 heterocycles. The van der Waals surface area contributed by atoms with Gasteiger partial charge >= 0.3 is 0 Å². The first kappa shape index (κ1) is 16.1. The average molecular weight is 336 g/mol. The molecule has 6 heteroatoms. The lowest BCUT2D eigenvalue weighted by Gasteiger charge is -2.31. The Morgan fingerprint density at radius 2 is 1.75 bits per heavy atom. The maximum absolute atomic E-state index is 12.8. The van der Waals surface area contributed by atoms with Crippen molar-refractivity contribution < 1.29 is 8.42 Å². The van der Waals surface area contributed by atoms with Gasteiger partial charge in [-0.3, -0.25) is 0 Å². The number of nitrogens with zero attached hydrogens (tertiary/aromatic N) is 1. The Hall–Kier alpha value is -0.290. The van der Waals surface area contributed by atoms with Crippen LogP contribution in [0.15, 0.2) is 23.1 Å². The maximum atomic E-state index is 12.8. The van der Waals surface area contributed by atoms with Gasteiger partial charge in [0.2, 0.25) is 10.0 Å². The van der Waals surface area contributed by atoms with E-state index in [-0.39, 0.29) is 22.0 Å². The Balaban J connectivity index is 2.41. The molecule has 0 amide bonds. The molecule has 0 spiro atoms. The molecule has 0 unspecified atom stereocenters. The van der Waals surface area contributed by atoms with Crippen molar-refractivity contribution in [2.45, 2.75) is 56.5 Å². The van der Waals surface area contributed by atoms with Crippen LogP contribution in [0.4, 0.5) is 0 Å². The smallest absolute Gasteiger partial charge is 0.207 e. The summed E-state index contributed by atoms with van der Waals surface area (Å²) in [5.41, 5.74) is 0. The standard InChI is InChI=1S/C14H19Cl2NO2S/c1-10(2)17(11-5-3-4-6-11)20(18,19)12-7-8-13(15)14(16)9-12/h7-11H,3-6H2,1-2H3. The predicted molar refractivity (Wildman–Crippen MR) is 82.9 cm³/mol. The fraction of sp³-hybridized carbons (Fsp3) is 0.571. The van der Waals surface area contributed by atoms with E-state index in [2.05, 4.69) is 0 Å². The summed E-state index contributed by atoms with van der Waals surface area (Å²) in [6, 6.07) is 4.51. The highest BCUT2D eigenvalue weighted by Gasteiger charge is 2.35. The lowest BCUT2D eigenvalue weighted by molar-refractivity contribution is 0.275. The molecule has 3 nitrogen and oxygen atoms in total. The van der Waals surface area contributed by atoms with Crippen LogP contribution in [-0.2, 0) is 10.0 Å². The molecule has 1 saturated carbocycles. The zero-order valence-electron chi connectivity index (χ0n) is 11.6. The number of halogens is 2. The van der Waals surface area contributed by atoms with Gasteiger partial charge in [0.05, 0.1) is 14.9 Å². The van der Waals surface area contributed by atoms with Gasteiger partial charge in [0, 0.05) is 12.1 Å². The summed E-state index contributed by atoms with van der Waals surface area (Å²) in [5, 5.41) is 0.630. The Labute approximate surface area is 130 Å². The van der Waals surface area contributed by atoms with E-state index < -0.39 is 10.0 Å². The first-order chi connectivity index (χ1) is 9.34. The number of hydrogen-bond acceptors (Lipinski definition) is 2. The predicted octanol–water partition coefficient (Wildman–Crippen LogP) is 4.34. The van der Waals surface area contributed by atoms with Crippen molar-refractivity contribution in [3.8, 4) is 0 Å². The molecule has 2 rings (SSSR count). The molecule has 0 atom stereocenters. The van der Waals surface area contributed by atoms with Gasteiger partial charge in [-0.2, -0.15) is 4.31 Å². The maximum Gasteiger partial charge on any atom is 0.243 e. The third kappa shape index (κ3) is 3.14. The van der Waals surface area contributed by atoms with E-state index in [0.717, 1.165) is 25.7 Å². The van der Waals surface area contributed by atoms with E-state index in [9.17, 15) is 8.42 Å². The molecular formula is C14H19Cl2NO2S. The van der Waals surface area contributed by atoms with Gasteiger partial charge < -0.3 is 0 Å². The summed E-state index contributed by atoms with van der Waals surface area (Å²) in [6.07, 6.45) is 4.03. The van der Waals surface area contributed by atoms with E-state index in [1.165, 1.54) is 18.2 Å². The molecule has 1 aliphatic rings. The molecule has 1 fully saturated rings. The van der Waals surface area contributed by atoms with Crippen molar-refractivity contribution in [1.82, 2.24) is 4.31 Å². The minimum absolute atomic E-state index is 0.0717. The second-order valence-corrected chi connectivity index (χ2v) is 8.10. The highest BCUT2D eigenvalue weighted by atomic mass is 35.5.